The summed E-state index contributed by atoms with van der Waals surface area (Å²) < 4.78 is 3.12. The number of nitrogens with zero attached hydrogens (tertiary/aromatic N) is 2. The van der Waals surface area contributed by atoms with Crippen molar-refractivity contribution >= 4 is 57.2 Å². The Morgan fingerprint density at radius 2 is 2.33 bits per heavy atom. The molecule has 62 valence electrons. The van der Waals surface area contributed by atoms with E-state index < -0.39 is 0 Å². The highest BCUT2D eigenvalue weighted by molar-refractivity contribution is 14.2. The zero-order valence-electron chi connectivity index (χ0n) is 5.87. The van der Waals surface area contributed by atoms with Crippen LogP contribution >= 0.6 is 46.3 Å². The monoisotopic (exact) mass is 354 g/mol. The van der Waals surface area contributed by atoms with Crippen molar-refractivity contribution in [2.75, 3.05) is 0 Å². The van der Waals surface area contributed by atoms with Crippen LogP contribution in [0.1, 0.15) is 0 Å². The average molecular weight is 355 g/mol. The smallest absolute Gasteiger partial charge is 0.0793 e. The lowest BCUT2D eigenvalue weighted by molar-refractivity contribution is 1.29. The van der Waals surface area contributed by atoms with Gasteiger partial charge in [-0.2, -0.15) is 0 Å². The van der Waals surface area contributed by atoms with Crippen LogP contribution in [0.4, 0.5) is 0 Å². The summed E-state index contributed by atoms with van der Waals surface area (Å²) in [7, 11) is 1.64. The molecule has 2 aromatic heterocycles. The van der Waals surface area contributed by atoms with Gasteiger partial charge in [-0.3, -0.25) is 8.96 Å². The SMILES string of the molecule is Brc1cncc2c1ccn2SI. The summed E-state index contributed by atoms with van der Waals surface area (Å²) in [5, 5.41) is 1.20. The lowest BCUT2D eigenvalue weighted by atomic mass is 10.3. The van der Waals surface area contributed by atoms with Crippen LogP contribution in [0.5, 0.6) is 0 Å². The van der Waals surface area contributed by atoms with E-state index in [1.54, 1.807) is 9.12 Å². The normalized spacial score (nSPS) is 10.8. The first-order chi connectivity index (χ1) is 5.83. The van der Waals surface area contributed by atoms with Gasteiger partial charge < -0.3 is 0 Å². The van der Waals surface area contributed by atoms with Crippen LogP contribution in [-0.2, 0) is 0 Å². The maximum absolute atomic E-state index is 4.11. The Balaban J connectivity index is 2.80. The number of hydrogen-bond acceptors (Lipinski definition) is 2. The Hall–Kier alpha value is 0.250. The predicted molar refractivity (Wildman–Crippen MR) is 64.4 cm³/mol. The van der Waals surface area contributed by atoms with E-state index in [2.05, 4.69) is 52.2 Å². The molecule has 2 nitrogen and oxygen atoms in total. The first-order valence-corrected chi connectivity index (χ1v) is 7.33. The van der Waals surface area contributed by atoms with Crippen LogP contribution in [0.2, 0.25) is 0 Å². The van der Waals surface area contributed by atoms with E-state index in [-0.39, 0.29) is 0 Å². The minimum Gasteiger partial charge on any atom is -0.281 e. The summed E-state index contributed by atoms with van der Waals surface area (Å²) in [6, 6.07) is 2.08. The van der Waals surface area contributed by atoms with Crippen LogP contribution in [-0.4, -0.2) is 8.96 Å². The van der Waals surface area contributed by atoms with Gasteiger partial charge >= 0.3 is 0 Å². The lowest BCUT2D eigenvalue weighted by Crippen LogP contribution is -1.80. The Labute approximate surface area is 94.6 Å². The van der Waals surface area contributed by atoms with E-state index >= 15 is 0 Å². The molecule has 0 saturated heterocycles. The van der Waals surface area contributed by atoms with Gasteiger partial charge in [0, 0.05) is 52.6 Å². The maximum Gasteiger partial charge on any atom is 0.0793 e. The van der Waals surface area contributed by atoms with Crippen molar-refractivity contribution in [1.29, 1.82) is 0 Å². The summed E-state index contributed by atoms with van der Waals surface area (Å²) in [5.74, 6) is 0. The third kappa shape index (κ3) is 1.38. The molecule has 2 heterocycles. The van der Waals surface area contributed by atoms with Gasteiger partial charge in [0.1, 0.15) is 0 Å². The van der Waals surface area contributed by atoms with Gasteiger partial charge in [0.15, 0.2) is 0 Å². The summed E-state index contributed by atoms with van der Waals surface area (Å²) in [6.07, 6.45) is 5.71. The molecule has 0 spiro atoms. The van der Waals surface area contributed by atoms with E-state index in [4.69, 9.17) is 0 Å². The third-order valence-electron chi connectivity index (χ3n) is 1.61. The topological polar surface area (TPSA) is 17.8 Å². The summed E-state index contributed by atoms with van der Waals surface area (Å²) >= 11 is 5.70. The molecule has 0 radical (unpaired) electrons. The molecule has 12 heavy (non-hydrogen) atoms. The Kier molecular flexibility index (Phi) is 2.61. The number of fused-ring (bicyclic) bond motifs is 1. The van der Waals surface area contributed by atoms with E-state index in [1.807, 2.05) is 18.6 Å². The molecule has 0 fully saturated rings. The second-order valence-corrected chi connectivity index (χ2v) is 4.83. The van der Waals surface area contributed by atoms with Crippen molar-refractivity contribution in [1.82, 2.24) is 8.96 Å². The number of hydrogen-bond donors (Lipinski definition) is 0. The molecule has 0 aliphatic carbocycles. The Morgan fingerprint density at radius 3 is 3.08 bits per heavy atom. The molecule has 0 unspecified atom stereocenters. The minimum atomic E-state index is 1.05. The molecule has 2 rings (SSSR count). The largest absolute Gasteiger partial charge is 0.281 e. The van der Waals surface area contributed by atoms with Gasteiger partial charge in [0.25, 0.3) is 0 Å². The van der Waals surface area contributed by atoms with Crippen molar-refractivity contribution in [2.45, 2.75) is 0 Å². The van der Waals surface area contributed by atoms with Crippen molar-refractivity contribution in [3.63, 3.8) is 0 Å². The molecule has 0 N–H and O–H groups in total. The number of halogens is 2. The van der Waals surface area contributed by atoms with Crippen molar-refractivity contribution in [3.8, 4) is 0 Å². The molecule has 2 aromatic rings. The molecule has 0 aliphatic heterocycles. The summed E-state index contributed by atoms with van der Waals surface area (Å²) in [5.41, 5.74) is 1.14. The summed E-state index contributed by atoms with van der Waals surface area (Å²) in [6.45, 7) is 0. The van der Waals surface area contributed by atoms with E-state index in [1.165, 1.54) is 5.39 Å². The fraction of sp³-hybridized carbons (Fsp3) is 0. The van der Waals surface area contributed by atoms with Crippen molar-refractivity contribution in [2.24, 2.45) is 0 Å². The van der Waals surface area contributed by atoms with Crippen LogP contribution in [0.3, 0.4) is 0 Å². The average Bonchev–Trinajstić information content (AvgIpc) is 2.49. The zero-order valence-corrected chi connectivity index (χ0v) is 10.4. The highest BCUT2D eigenvalue weighted by Crippen LogP contribution is 2.28. The molecule has 0 aliphatic rings. The lowest BCUT2D eigenvalue weighted by Gasteiger charge is -1.96. The number of rotatable bonds is 1. The van der Waals surface area contributed by atoms with Gasteiger partial charge in [0.05, 0.1) is 11.7 Å². The molecular formula is C7H4BrIN2S. The fourth-order valence-electron chi connectivity index (χ4n) is 1.06. The van der Waals surface area contributed by atoms with Crippen molar-refractivity contribution in [3.05, 3.63) is 29.1 Å². The van der Waals surface area contributed by atoms with E-state index in [9.17, 15) is 0 Å². The standard InChI is InChI=1S/C7H4BrIN2S/c8-6-3-10-4-7-5(6)1-2-11(7)12-9/h1-4H. The van der Waals surface area contributed by atoms with Crippen molar-refractivity contribution < 1.29 is 0 Å². The predicted octanol–water partition coefficient (Wildman–Crippen LogP) is 3.65. The zero-order chi connectivity index (χ0) is 8.55. The van der Waals surface area contributed by atoms with E-state index in [0.717, 1.165) is 9.99 Å². The number of aromatic nitrogens is 2. The summed E-state index contributed by atoms with van der Waals surface area (Å²) in [4.78, 5) is 4.11. The molecule has 0 amide bonds. The van der Waals surface area contributed by atoms with Gasteiger partial charge in [-0.25, -0.2) is 0 Å². The highest BCUT2D eigenvalue weighted by Gasteiger charge is 2.02. The van der Waals surface area contributed by atoms with Gasteiger partial charge in [-0.05, 0) is 22.0 Å². The van der Waals surface area contributed by atoms with Gasteiger partial charge in [-0.15, -0.1) is 0 Å². The van der Waals surface area contributed by atoms with Crippen LogP contribution < -0.4 is 0 Å². The van der Waals surface area contributed by atoms with Crippen LogP contribution in [0.25, 0.3) is 10.9 Å². The first-order valence-electron chi connectivity index (χ1n) is 3.22. The van der Waals surface area contributed by atoms with Crippen LogP contribution in [0, 0.1) is 0 Å². The maximum atomic E-state index is 4.11. The first kappa shape index (κ1) is 8.83. The fourth-order valence-corrected chi connectivity index (χ4v) is 2.87. The Morgan fingerprint density at radius 1 is 1.50 bits per heavy atom. The second kappa shape index (κ2) is 3.55. The second-order valence-electron chi connectivity index (χ2n) is 2.26. The quantitative estimate of drug-likeness (QED) is 0.727. The molecule has 0 saturated carbocycles. The Bertz CT molecular complexity index is 415. The molecule has 0 bridgehead atoms. The van der Waals surface area contributed by atoms with Gasteiger partial charge in [-0.1, -0.05) is 0 Å². The molecular weight excluding hydrogens is 351 g/mol. The van der Waals surface area contributed by atoms with E-state index in [0.29, 0.717) is 0 Å². The number of pyridine rings is 1. The van der Waals surface area contributed by atoms with Crippen LogP contribution in [0.15, 0.2) is 29.1 Å². The molecule has 0 atom stereocenters. The molecule has 0 aromatic carbocycles. The third-order valence-corrected chi connectivity index (χ3v) is 3.98. The highest BCUT2D eigenvalue weighted by atomic mass is 127. The minimum absolute atomic E-state index is 1.05. The molecule has 5 heteroatoms. The van der Waals surface area contributed by atoms with Gasteiger partial charge in [0.2, 0.25) is 0 Å².